The second-order valence-corrected chi connectivity index (χ2v) is 6.20. The number of hydrogen-bond donors (Lipinski definition) is 1. The molecule has 20 heavy (non-hydrogen) atoms. The Morgan fingerprint density at radius 1 is 1.25 bits per heavy atom. The summed E-state index contributed by atoms with van der Waals surface area (Å²) in [4.78, 5) is 12.4. The van der Waals surface area contributed by atoms with Crippen LogP contribution in [0.2, 0.25) is 0 Å². The monoisotopic (exact) mass is 273 g/mol. The van der Waals surface area contributed by atoms with Crippen molar-refractivity contribution in [2.24, 2.45) is 5.92 Å². The van der Waals surface area contributed by atoms with Crippen LogP contribution in [0, 0.1) is 5.92 Å². The maximum Gasteiger partial charge on any atom is 0.225 e. The SMILES string of the molecule is O=C(NC1(Cc2ccccc2)CCCC1)[C@H]1CCOC1. The van der Waals surface area contributed by atoms with Crippen molar-refractivity contribution >= 4 is 5.91 Å². The zero-order chi connectivity index (χ0) is 13.8. The van der Waals surface area contributed by atoms with Gasteiger partial charge in [-0.1, -0.05) is 43.2 Å². The second kappa shape index (κ2) is 5.96. The summed E-state index contributed by atoms with van der Waals surface area (Å²) >= 11 is 0. The van der Waals surface area contributed by atoms with Gasteiger partial charge in [-0.2, -0.15) is 0 Å². The Bertz CT molecular complexity index is 445. The molecule has 1 amide bonds. The van der Waals surface area contributed by atoms with Crippen LogP contribution in [0.1, 0.15) is 37.7 Å². The van der Waals surface area contributed by atoms with Crippen LogP contribution in [0.25, 0.3) is 0 Å². The highest BCUT2D eigenvalue weighted by atomic mass is 16.5. The van der Waals surface area contributed by atoms with E-state index in [-0.39, 0.29) is 17.4 Å². The summed E-state index contributed by atoms with van der Waals surface area (Å²) in [6, 6.07) is 10.5. The third kappa shape index (κ3) is 3.04. The van der Waals surface area contributed by atoms with E-state index in [0.717, 1.165) is 32.3 Å². The average Bonchev–Trinajstić information content (AvgIpc) is 3.11. The van der Waals surface area contributed by atoms with Gasteiger partial charge in [0.25, 0.3) is 0 Å². The van der Waals surface area contributed by atoms with E-state index in [0.29, 0.717) is 6.61 Å². The smallest absolute Gasteiger partial charge is 0.225 e. The number of carbonyl (C=O) groups is 1. The molecule has 0 bridgehead atoms. The highest BCUT2D eigenvalue weighted by Gasteiger charge is 2.37. The molecule has 3 rings (SSSR count). The van der Waals surface area contributed by atoms with Crippen molar-refractivity contribution in [2.75, 3.05) is 13.2 Å². The third-order valence-corrected chi connectivity index (χ3v) is 4.63. The van der Waals surface area contributed by atoms with Crippen molar-refractivity contribution < 1.29 is 9.53 Å². The van der Waals surface area contributed by atoms with Crippen LogP contribution in [0.4, 0.5) is 0 Å². The molecule has 0 unspecified atom stereocenters. The summed E-state index contributed by atoms with van der Waals surface area (Å²) in [6.45, 7) is 1.32. The van der Waals surface area contributed by atoms with E-state index in [1.54, 1.807) is 0 Å². The molecule has 0 aromatic heterocycles. The van der Waals surface area contributed by atoms with Crippen LogP contribution in [0.3, 0.4) is 0 Å². The fourth-order valence-corrected chi connectivity index (χ4v) is 3.49. The first-order chi connectivity index (χ1) is 9.77. The van der Waals surface area contributed by atoms with Gasteiger partial charge in [0, 0.05) is 12.1 Å². The number of hydrogen-bond acceptors (Lipinski definition) is 2. The summed E-state index contributed by atoms with van der Waals surface area (Å²) in [5, 5.41) is 3.36. The lowest BCUT2D eigenvalue weighted by atomic mass is 9.88. The van der Waals surface area contributed by atoms with Gasteiger partial charge in [-0.3, -0.25) is 4.79 Å². The lowest BCUT2D eigenvalue weighted by Crippen LogP contribution is -2.50. The molecule has 1 aliphatic carbocycles. The normalized spacial score (nSPS) is 24.7. The Morgan fingerprint density at radius 3 is 2.65 bits per heavy atom. The molecule has 0 radical (unpaired) electrons. The van der Waals surface area contributed by atoms with Crippen molar-refractivity contribution in [3.63, 3.8) is 0 Å². The topological polar surface area (TPSA) is 38.3 Å². The Morgan fingerprint density at radius 2 is 2.00 bits per heavy atom. The van der Waals surface area contributed by atoms with Crippen molar-refractivity contribution in [3.05, 3.63) is 35.9 Å². The van der Waals surface area contributed by atoms with Crippen LogP contribution in [0.15, 0.2) is 30.3 Å². The molecular formula is C17H23NO2. The van der Waals surface area contributed by atoms with Crippen LogP contribution < -0.4 is 5.32 Å². The predicted molar refractivity (Wildman–Crippen MR) is 78.4 cm³/mol. The maximum atomic E-state index is 12.4. The second-order valence-electron chi connectivity index (χ2n) is 6.20. The van der Waals surface area contributed by atoms with Gasteiger partial charge in [0.2, 0.25) is 5.91 Å². The van der Waals surface area contributed by atoms with E-state index < -0.39 is 0 Å². The first-order valence-electron chi connectivity index (χ1n) is 7.71. The Hall–Kier alpha value is -1.35. The minimum atomic E-state index is -0.0268. The Balaban J connectivity index is 1.69. The van der Waals surface area contributed by atoms with E-state index >= 15 is 0 Å². The highest BCUT2D eigenvalue weighted by Crippen LogP contribution is 2.33. The molecule has 3 heteroatoms. The van der Waals surface area contributed by atoms with Crippen LogP contribution in [0.5, 0.6) is 0 Å². The number of ether oxygens (including phenoxy) is 1. The lowest BCUT2D eigenvalue weighted by Gasteiger charge is -2.31. The van der Waals surface area contributed by atoms with Gasteiger partial charge in [-0.25, -0.2) is 0 Å². The zero-order valence-electron chi connectivity index (χ0n) is 11.9. The molecule has 1 aromatic carbocycles. The fraction of sp³-hybridized carbons (Fsp3) is 0.588. The van der Waals surface area contributed by atoms with Gasteiger partial charge in [-0.15, -0.1) is 0 Å². The molecule has 2 aliphatic rings. The summed E-state index contributed by atoms with van der Waals surface area (Å²) in [5.41, 5.74) is 1.29. The third-order valence-electron chi connectivity index (χ3n) is 4.63. The largest absolute Gasteiger partial charge is 0.381 e. The minimum absolute atomic E-state index is 0.0268. The number of rotatable bonds is 4. The standard InChI is InChI=1S/C17H23NO2/c19-16(15-8-11-20-13-15)18-17(9-4-5-10-17)12-14-6-2-1-3-7-14/h1-3,6-7,15H,4-5,8-13H2,(H,18,19)/t15-/m0/s1. The number of amides is 1. The molecule has 3 nitrogen and oxygen atoms in total. The van der Waals surface area contributed by atoms with Crippen molar-refractivity contribution in [2.45, 2.75) is 44.1 Å². The molecule has 1 atom stereocenters. The Kier molecular flexibility index (Phi) is 4.06. The molecule has 1 saturated heterocycles. The number of benzene rings is 1. The summed E-state index contributed by atoms with van der Waals surface area (Å²) in [5.74, 6) is 0.253. The predicted octanol–water partition coefficient (Wildman–Crippen LogP) is 2.69. The molecule has 2 fully saturated rings. The van der Waals surface area contributed by atoms with Gasteiger partial charge in [0.05, 0.1) is 12.5 Å². The van der Waals surface area contributed by atoms with Crippen LogP contribution >= 0.6 is 0 Å². The molecule has 1 N–H and O–H groups in total. The maximum absolute atomic E-state index is 12.4. The summed E-state index contributed by atoms with van der Waals surface area (Å²) < 4.78 is 5.33. The Labute approximate surface area is 120 Å². The average molecular weight is 273 g/mol. The van der Waals surface area contributed by atoms with Crippen molar-refractivity contribution in [1.82, 2.24) is 5.32 Å². The van der Waals surface area contributed by atoms with Crippen molar-refractivity contribution in [1.29, 1.82) is 0 Å². The highest BCUT2D eigenvalue weighted by molar-refractivity contribution is 5.80. The molecule has 1 aromatic rings. The fourth-order valence-electron chi connectivity index (χ4n) is 3.49. The number of carbonyl (C=O) groups excluding carboxylic acids is 1. The zero-order valence-corrected chi connectivity index (χ0v) is 11.9. The van der Waals surface area contributed by atoms with Crippen LogP contribution in [-0.4, -0.2) is 24.7 Å². The molecular weight excluding hydrogens is 250 g/mol. The van der Waals surface area contributed by atoms with E-state index in [9.17, 15) is 4.79 Å². The summed E-state index contributed by atoms with van der Waals surface area (Å²) in [6.07, 6.45) is 6.45. The summed E-state index contributed by atoms with van der Waals surface area (Å²) in [7, 11) is 0. The minimum Gasteiger partial charge on any atom is -0.381 e. The van der Waals surface area contributed by atoms with E-state index in [2.05, 4.69) is 29.6 Å². The quantitative estimate of drug-likeness (QED) is 0.916. The van der Waals surface area contributed by atoms with Gasteiger partial charge >= 0.3 is 0 Å². The van der Waals surface area contributed by atoms with E-state index in [4.69, 9.17) is 4.74 Å². The first kappa shape index (κ1) is 13.6. The van der Waals surface area contributed by atoms with E-state index in [1.807, 2.05) is 6.07 Å². The lowest BCUT2D eigenvalue weighted by molar-refractivity contribution is -0.126. The molecule has 1 saturated carbocycles. The molecule has 1 aliphatic heterocycles. The van der Waals surface area contributed by atoms with Gasteiger partial charge in [-0.05, 0) is 31.2 Å². The van der Waals surface area contributed by atoms with Crippen LogP contribution in [-0.2, 0) is 16.0 Å². The number of nitrogens with one attached hydrogen (secondary N) is 1. The van der Waals surface area contributed by atoms with E-state index in [1.165, 1.54) is 18.4 Å². The van der Waals surface area contributed by atoms with Crippen molar-refractivity contribution in [3.8, 4) is 0 Å². The van der Waals surface area contributed by atoms with Gasteiger partial charge in [0.15, 0.2) is 0 Å². The van der Waals surface area contributed by atoms with Gasteiger partial charge in [0.1, 0.15) is 0 Å². The first-order valence-corrected chi connectivity index (χ1v) is 7.71. The molecule has 108 valence electrons. The molecule has 1 heterocycles. The van der Waals surface area contributed by atoms with Gasteiger partial charge < -0.3 is 10.1 Å². The molecule has 0 spiro atoms.